The Balaban J connectivity index is 2.28. The highest BCUT2D eigenvalue weighted by atomic mass is 79.9. The molecule has 5 heteroatoms. The number of ether oxygens (including phenoxy) is 1. The van der Waals surface area contributed by atoms with Crippen molar-refractivity contribution in [2.45, 2.75) is 6.92 Å². The number of benzene rings is 2. The lowest BCUT2D eigenvalue weighted by atomic mass is 10.2. The third kappa shape index (κ3) is 3.32. The van der Waals surface area contributed by atoms with E-state index < -0.39 is 0 Å². The van der Waals surface area contributed by atoms with Crippen molar-refractivity contribution in [1.29, 1.82) is 0 Å². The molecule has 0 saturated heterocycles. The molecule has 3 nitrogen and oxygen atoms in total. The highest BCUT2D eigenvalue weighted by Crippen LogP contribution is 2.26. The van der Waals surface area contributed by atoms with E-state index in [2.05, 4.69) is 21.2 Å². The molecule has 0 saturated carbocycles. The van der Waals surface area contributed by atoms with E-state index in [1.807, 2.05) is 13.0 Å². The zero-order valence-electron chi connectivity index (χ0n) is 11.0. The number of amides is 1. The fraction of sp³-hybridized carbons (Fsp3) is 0.133. The predicted octanol–water partition coefficient (Wildman–Crippen LogP) is 4.67. The molecular weight excluding hydrogens is 342 g/mol. The molecule has 0 aliphatic heterocycles. The number of hydrogen-bond donors (Lipinski definition) is 1. The number of aryl methyl sites for hydroxylation is 1. The Morgan fingerprint density at radius 2 is 2.00 bits per heavy atom. The van der Waals surface area contributed by atoms with Crippen molar-refractivity contribution in [3.8, 4) is 5.75 Å². The lowest BCUT2D eigenvalue weighted by Gasteiger charge is -2.10. The fourth-order valence-electron chi connectivity index (χ4n) is 1.72. The summed E-state index contributed by atoms with van der Waals surface area (Å²) >= 11 is 9.46. The molecule has 104 valence electrons. The predicted molar refractivity (Wildman–Crippen MR) is 84.8 cm³/mol. The molecule has 0 bridgehead atoms. The number of rotatable bonds is 3. The van der Waals surface area contributed by atoms with Gasteiger partial charge in [0.05, 0.1) is 23.4 Å². The lowest BCUT2D eigenvalue weighted by Crippen LogP contribution is -2.13. The van der Waals surface area contributed by atoms with Gasteiger partial charge in [-0.05, 0) is 58.7 Å². The molecule has 0 atom stereocenters. The molecule has 1 N–H and O–H groups in total. The molecule has 20 heavy (non-hydrogen) atoms. The summed E-state index contributed by atoms with van der Waals surface area (Å²) < 4.78 is 5.82. The summed E-state index contributed by atoms with van der Waals surface area (Å²) in [5, 5.41) is 3.30. The van der Waals surface area contributed by atoms with Gasteiger partial charge in [-0.1, -0.05) is 17.7 Å². The van der Waals surface area contributed by atoms with Crippen molar-refractivity contribution >= 4 is 39.1 Å². The van der Waals surface area contributed by atoms with Crippen LogP contribution in [0.4, 0.5) is 5.69 Å². The van der Waals surface area contributed by atoms with Crippen LogP contribution in [-0.4, -0.2) is 13.0 Å². The average Bonchev–Trinajstić information content (AvgIpc) is 2.42. The molecule has 2 aromatic carbocycles. The van der Waals surface area contributed by atoms with Crippen LogP contribution in [0, 0.1) is 6.92 Å². The molecule has 0 aromatic heterocycles. The van der Waals surface area contributed by atoms with Gasteiger partial charge in [-0.25, -0.2) is 0 Å². The standard InChI is InChI=1S/C15H13BrClNO2/c1-9-3-6-14(13(17)7-9)18-15(19)11-8-10(20-2)4-5-12(11)16/h3-8H,1-2H3,(H,18,19). The summed E-state index contributed by atoms with van der Waals surface area (Å²) in [4.78, 5) is 12.3. The number of anilines is 1. The van der Waals surface area contributed by atoms with Crippen molar-refractivity contribution in [1.82, 2.24) is 0 Å². The molecule has 0 heterocycles. The molecule has 0 radical (unpaired) electrons. The van der Waals surface area contributed by atoms with E-state index in [-0.39, 0.29) is 5.91 Å². The Kier molecular flexibility index (Phi) is 4.68. The van der Waals surface area contributed by atoms with Crippen LogP contribution in [0.15, 0.2) is 40.9 Å². The maximum Gasteiger partial charge on any atom is 0.256 e. The molecular formula is C15H13BrClNO2. The van der Waals surface area contributed by atoms with Crippen molar-refractivity contribution < 1.29 is 9.53 Å². The lowest BCUT2D eigenvalue weighted by molar-refractivity contribution is 0.102. The normalized spacial score (nSPS) is 10.2. The van der Waals surface area contributed by atoms with Gasteiger partial charge in [0.25, 0.3) is 5.91 Å². The van der Waals surface area contributed by atoms with E-state index >= 15 is 0 Å². The molecule has 2 rings (SSSR count). The van der Waals surface area contributed by atoms with Gasteiger partial charge in [-0.15, -0.1) is 0 Å². The summed E-state index contributed by atoms with van der Waals surface area (Å²) in [6.45, 7) is 1.94. The number of carbonyl (C=O) groups excluding carboxylic acids is 1. The summed E-state index contributed by atoms with van der Waals surface area (Å²) in [5.74, 6) is 0.370. The minimum atomic E-state index is -0.249. The first-order chi connectivity index (χ1) is 9.51. The third-order valence-electron chi connectivity index (χ3n) is 2.79. The van der Waals surface area contributed by atoms with Crippen LogP contribution < -0.4 is 10.1 Å². The zero-order valence-corrected chi connectivity index (χ0v) is 13.4. The highest BCUT2D eigenvalue weighted by molar-refractivity contribution is 9.10. The molecule has 0 unspecified atom stereocenters. The van der Waals surface area contributed by atoms with Gasteiger partial charge in [-0.3, -0.25) is 4.79 Å². The van der Waals surface area contributed by atoms with Gasteiger partial charge in [-0.2, -0.15) is 0 Å². The minimum absolute atomic E-state index is 0.249. The van der Waals surface area contributed by atoms with Gasteiger partial charge < -0.3 is 10.1 Å². The monoisotopic (exact) mass is 353 g/mol. The molecule has 0 aliphatic carbocycles. The van der Waals surface area contributed by atoms with Gasteiger partial charge in [0.2, 0.25) is 0 Å². The Hall–Kier alpha value is -1.52. The number of hydrogen-bond acceptors (Lipinski definition) is 2. The van der Waals surface area contributed by atoms with Gasteiger partial charge >= 0.3 is 0 Å². The molecule has 0 aliphatic rings. The maximum absolute atomic E-state index is 12.3. The van der Waals surface area contributed by atoms with E-state index in [0.29, 0.717) is 26.5 Å². The van der Waals surface area contributed by atoms with Crippen LogP contribution >= 0.6 is 27.5 Å². The van der Waals surface area contributed by atoms with Crippen molar-refractivity contribution in [3.63, 3.8) is 0 Å². The van der Waals surface area contributed by atoms with E-state index in [4.69, 9.17) is 16.3 Å². The number of nitrogens with one attached hydrogen (secondary N) is 1. The molecule has 0 fully saturated rings. The first kappa shape index (κ1) is 14.9. The minimum Gasteiger partial charge on any atom is -0.497 e. The fourth-order valence-corrected chi connectivity index (χ4v) is 2.43. The van der Waals surface area contributed by atoms with Crippen LogP contribution in [-0.2, 0) is 0 Å². The highest BCUT2D eigenvalue weighted by Gasteiger charge is 2.13. The number of methoxy groups -OCH3 is 1. The van der Waals surface area contributed by atoms with Crippen LogP contribution in [0.3, 0.4) is 0 Å². The van der Waals surface area contributed by atoms with E-state index in [1.54, 1.807) is 37.4 Å². The second-order valence-corrected chi connectivity index (χ2v) is 5.54. The van der Waals surface area contributed by atoms with Gasteiger partial charge in [0.1, 0.15) is 5.75 Å². The molecule has 2 aromatic rings. The Bertz CT molecular complexity index is 658. The molecule has 0 spiro atoms. The van der Waals surface area contributed by atoms with E-state index in [0.717, 1.165) is 5.56 Å². The number of carbonyl (C=O) groups is 1. The second kappa shape index (κ2) is 6.29. The van der Waals surface area contributed by atoms with Crippen molar-refractivity contribution in [2.24, 2.45) is 0 Å². The quantitative estimate of drug-likeness (QED) is 0.869. The maximum atomic E-state index is 12.3. The number of halogens is 2. The Morgan fingerprint density at radius 1 is 1.25 bits per heavy atom. The Labute approximate surface area is 131 Å². The Morgan fingerprint density at radius 3 is 2.65 bits per heavy atom. The van der Waals surface area contributed by atoms with Gasteiger partial charge in [0.15, 0.2) is 0 Å². The van der Waals surface area contributed by atoms with E-state index in [9.17, 15) is 4.79 Å². The molecule has 1 amide bonds. The van der Waals surface area contributed by atoms with Crippen LogP contribution in [0.25, 0.3) is 0 Å². The summed E-state index contributed by atoms with van der Waals surface area (Å²) in [6, 6.07) is 10.7. The van der Waals surface area contributed by atoms with Crippen molar-refractivity contribution in [3.05, 3.63) is 57.0 Å². The largest absolute Gasteiger partial charge is 0.497 e. The topological polar surface area (TPSA) is 38.3 Å². The van der Waals surface area contributed by atoms with Gasteiger partial charge in [0, 0.05) is 4.47 Å². The first-order valence-corrected chi connectivity index (χ1v) is 7.09. The summed E-state index contributed by atoms with van der Waals surface area (Å²) in [5.41, 5.74) is 2.11. The van der Waals surface area contributed by atoms with Crippen molar-refractivity contribution in [2.75, 3.05) is 12.4 Å². The van der Waals surface area contributed by atoms with Crippen LogP contribution in [0.1, 0.15) is 15.9 Å². The summed E-state index contributed by atoms with van der Waals surface area (Å²) in [7, 11) is 1.56. The van der Waals surface area contributed by atoms with Crippen LogP contribution in [0.5, 0.6) is 5.75 Å². The SMILES string of the molecule is COc1ccc(Br)c(C(=O)Nc2ccc(C)cc2Cl)c1. The summed E-state index contributed by atoms with van der Waals surface area (Å²) in [6.07, 6.45) is 0. The average molecular weight is 355 g/mol. The smallest absolute Gasteiger partial charge is 0.256 e. The third-order valence-corrected chi connectivity index (χ3v) is 3.80. The first-order valence-electron chi connectivity index (χ1n) is 5.92. The zero-order chi connectivity index (χ0) is 14.7. The van der Waals surface area contributed by atoms with Crippen LogP contribution in [0.2, 0.25) is 5.02 Å². The van der Waals surface area contributed by atoms with E-state index in [1.165, 1.54) is 0 Å². The second-order valence-electron chi connectivity index (χ2n) is 4.28.